The Hall–Kier alpha value is -1.19. The molecule has 3 nitrogen and oxygen atoms in total. The number of rotatable bonds is 2. The predicted octanol–water partition coefficient (Wildman–Crippen LogP) is 2.02. The SMILES string of the molecule is CC1(C)OC[C@@H](C(=O)c2ccccc2)O1. The zero-order valence-electron chi connectivity index (χ0n) is 8.90. The van der Waals surface area contributed by atoms with Gasteiger partial charge in [-0.15, -0.1) is 0 Å². The van der Waals surface area contributed by atoms with E-state index in [0.29, 0.717) is 12.2 Å². The van der Waals surface area contributed by atoms with Crippen molar-refractivity contribution in [1.82, 2.24) is 0 Å². The number of ketones is 1. The average molecular weight is 206 g/mol. The maximum absolute atomic E-state index is 11.9. The van der Waals surface area contributed by atoms with Crippen molar-refractivity contribution in [2.75, 3.05) is 6.61 Å². The lowest BCUT2D eigenvalue weighted by Crippen LogP contribution is -2.26. The van der Waals surface area contributed by atoms with E-state index < -0.39 is 11.9 Å². The van der Waals surface area contributed by atoms with Gasteiger partial charge in [0.2, 0.25) is 0 Å². The molecule has 0 radical (unpaired) electrons. The van der Waals surface area contributed by atoms with Crippen LogP contribution in [-0.2, 0) is 9.47 Å². The number of carbonyl (C=O) groups excluding carboxylic acids is 1. The second-order valence-corrected chi connectivity index (χ2v) is 4.05. The Labute approximate surface area is 89.0 Å². The molecular weight excluding hydrogens is 192 g/mol. The monoisotopic (exact) mass is 206 g/mol. The molecule has 1 aliphatic heterocycles. The highest BCUT2D eigenvalue weighted by atomic mass is 16.7. The van der Waals surface area contributed by atoms with E-state index in [4.69, 9.17) is 9.47 Å². The molecule has 1 heterocycles. The topological polar surface area (TPSA) is 35.5 Å². The van der Waals surface area contributed by atoms with Gasteiger partial charge in [-0.1, -0.05) is 30.3 Å². The van der Waals surface area contributed by atoms with E-state index in [1.54, 1.807) is 12.1 Å². The number of carbonyl (C=O) groups is 1. The van der Waals surface area contributed by atoms with Crippen molar-refractivity contribution >= 4 is 5.78 Å². The van der Waals surface area contributed by atoms with Crippen molar-refractivity contribution < 1.29 is 14.3 Å². The van der Waals surface area contributed by atoms with E-state index in [0.717, 1.165) is 0 Å². The quantitative estimate of drug-likeness (QED) is 0.694. The third-order valence-electron chi connectivity index (χ3n) is 2.36. The Morgan fingerprint density at radius 1 is 1.33 bits per heavy atom. The van der Waals surface area contributed by atoms with Crippen molar-refractivity contribution in [2.45, 2.75) is 25.7 Å². The van der Waals surface area contributed by atoms with Gasteiger partial charge in [0.15, 0.2) is 11.6 Å². The van der Waals surface area contributed by atoms with Crippen LogP contribution in [0.3, 0.4) is 0 Å². The predicted molar refractivity (Wildman–Crippen MR) is 55.7 cm³/mol. The van der Waals surface area contributed by atoms with Crippen molar-refractivity contribution in [1.29, 1.82) is 0 Å². The average Bonchev–Trinajstić information content (AvgIpc) is 2.59. The summed E-state index contributed by atoms with van der Waals surface area (Å²) in [6, 6.07) is 9.14. The summed E-state index contributed by atoms with van der Waals surface area (Å²) in [6.45, 7) is 3.96. The molecule has 1 aliphatic rings. The number of benzene rings is 1. The van der Waals surface area contributed by atoms with Crippen LogP contribution >= 0.6 is 0 Å². The lowest BCUT2D eigenvalue weighted by molar-refractivity contribution is -0.133. The molecule has 1 aromatic carbocycles. The number of ether oxygens (including phenoxy) is 2. The Kier molecular flexibility index (Phi) is 2.59. The molecule has 15 heavy (non-hydrogen) atoms. The molecule has 0 spiro atoms. The van der Waals surface area contributed by atoms with Gasteiger partial charge < -0.3 is 9.47 Å². The van der Waals surface area contributed by atoms with Crippen LogP contribution in [-0.4, -0.2) is 24.3 Å². The third-order valence-corrected chi connectivity index (χ3v) is 2.36. The van der Waals surface area contributed by atoms with E-state index in [-0.39, 0.29) is 5.78 Å². The summed E-state index contributed by atoms with van der Waals surface area (Å²) in [5, 5.41) is 0. The minimum atomic E-state index is -0.644. The van der Waals surface area contributed by atoms with Gasteiger partial charge in [-0.2, -0.15) is 0 Å². The Morgan fingerprint density at radius 3 is 2.53 bits per heavy atom. The van der Waals surface area contributed by atoms with Gasteiger partial charge >= 0.3 is 0 Å². The lowest BCUT2D eigenvalue weighted by atomic mass is 10.1. The first-order valence-corrected chi connectivity index (χ1v) is 4.99. The van der Waals surface area contributed by atoms with Crippen LogP contribution < -0.4 is 0 Å². The number of hydrogen-bond acceptors (Lipinski definition) is 3. The van der Waals surface area contributed by atoms with Crippen molar-refractivity contribution in [2.24, 2.45) is 0 Å². The Balaban J connectivity index is 2.11. The maximum atomic E-state index is 11.9. The Bertz CT molecular complexity index is 356. The first-order valence-electron chi connectivity index (χ1n) is 4.99. The molecule has 0 aromatic heterocycles. The largest absolute Gasteiger partial charge is 0.347 e. The Morgan fingerprint density at radius 2 is 2.00 bits per heavy atom. The zero-order chi connectivity index (χ0) is 10.9. The fourth-order valence-corrected chi connectivity index (χ4v) is 1.60. The third kappa shape index (κ3) is 2.25. The van der Waals surface area contributed by atoms with Gasteiger partial charge in [0.25, 0.3) is 0 Å². The molecule has 1 atom stereocenters. The first-order chi connectivity index (χ1) is 7.08. The highest BCUT2D eigenvalue weighted by Crippen LogP contribution is 2.24. The number of hydrogen-bond donors (Lipinski definition) is 0. The second kappa shape index (κ2) is 3.76. The molecule has 2 rings (SSSR count). The van der Waals surface area contributed by atoms with Gasteiger partial charge in [0.1, 0.15) is 6.10 Å². The zero-order valence-corrected chi connectivity index (χ0v) is 8.90. The molecular formula is C12H14O3. The van der Waals surface area contributed by atoms with Crippen molar-refractivity contribution in [3.8, 4) is 0 Å². The molecule has 0 saturated carbocycles. The maximum Gasteiger partial charge on any atom is 0.194 e. The summed E-state index contributed by atoms with van der Waals surface area (Å²) < 4.78 is 10.8. The summed E-state index contributed by atoms with van der Waals surface area (Å²) in [5.74, 6) is -0.657. The van der Waals surface area contributed by atoms with Gasteiger partial charge in [-0.25, -0.2) is 0 Å². The standard InChI is InChI=1S/C12H14O3/c1-12(2)14-8-10(15-12)11(13)9-6-4-3-5-7-9/h3-7,10H,8H2,1-2H3/t10-/m0/s1. The summed E-state index contributed by atoms with van der Waals surface area (Å²) in [7, 11) is 0. The van der Waals surface area contributed by atoms with Gasteiger partial charge in [0.05, 0.1) is 6.61 Å². The van der Waals surface area contributed by atoms with Crippen LogP contribution in [0.5, 0.6) is 0 Å². The van der Waals surface area contributed by atoms with E-state index in [9.17, 15) is 4.79 Å². The molecule has 1 fully saturated rings. The minimum absolute atomic E-state index is 0.0128. The molecule has 3 heteroatoms. The van der Waals surface area contributed by atoms with Crippen LogP contribution in [0.1, 0.15) is 24.2 Å². The summed E-state index contributed by atoms with van der Waals surface area (Å²) >= 11 is 0. The highest BCUT2D eigenvalue weighted by molar-refractivity contribution is 5.99. The molecule has 0 N–H and O–H groups in total. The summed E-state index contributed by atoms with van der Waals surface area (Å²) in [4.78, 5) is 11.9. The van der Waals surface area contributed by atoms with Crippen LogP contribution in [0.2, 0.25) is 0 Å². The lowest BCUT2D eigenvalue weighted by Gasteiger charge is -2.16. The first kappa shape index (κ1) is 10.3. The van der Waals surface area contributed by atoms with E-state index in [1.807, 2.05) is 32.0 Å². The van der Waals surface area contributed by atoms with Crippen LogP contribution in [0.4, 0.5) is 0 Å². The number of Topliss-reactive ketones (excluding diaryl/α,β-unsaturated/α-hetero) is 1. The smallest absolute Gasteiger partial charge is 0.194 e. The molecule has 80 valence electrons. The van der Waals surface area contributed by atoms with Crippen LogP contribution in [0.25, 0.3) is 0 Å². The van der Waals surface area contributed by atoms with Crippen LogP contribution in [0, 0.1) is 0 Å². The van der Waals surface area contributed by atoms with E-state index in [1.165, 1.54) is 0 Å². The molecule has 1 saturated heterocycles. The van der Waals surface area contributed by atoms with E-state index >= 15 is 0 Å². The molecule has 1 aromatic rings. The normalized spacial score (nSPS) is 24.0. The fourth-order valence-electron chi connectivity index (χ4n) is 1.60. The molecule has 0 aliphatic carbocycles. The van der Waals surface area contributed by atoms with Crippen molar-refractivity contribution in [3.63, 3.8) is 0 Å². The van der Waals surface area contributed by atoms with Crippen molar-refractivity contribution in [3.05, 3.63) is 35.9 Å². The fraction of sp³-hybridized carbons (Fsp3) is 0.417. The minimum Gasteiger partial charge on any atom is -0.347 e. The van der Waals surface area contributed by atoms with E-state index in [2.05, 4.69) is 0 Å². The molecule has 0 bridgehead atoms. The second-order valence-electron chi connectivity index (χ2n) is 4.05. The van der Waals surface area contributed by atoms with Gasteiger partial charge in [-0.05, 0) is 13.8 Å². The summed E-state index contributed by atoms with van der Waals surface area (Å²) in [6.07, 6.45) is -0.470. The van der Waals surface area contributed by atoms with Gasteiger partial charge in [-0.3, -0.25) is 4.79 Å². The van der Waals surface area contributed by atoms with Gasteiger partial charge in [0, 0.05) is 5.56 Å². The molecule has 0 amide bonds. The highest BCUT2D eigenvalue weighted by Gasteiger charge is 2.37. The van der Waals surface area contributed by atoms with Crippen LogP contribution in [0.15, 0.2) is 30.3 Å². The molecule has 0 unspecified atom stereocenters. The summed E-state index contributed by atoms with van der Waals surface area (Å²) in [5.41, 5.74) is 0.670.